The fourth-order valence-corrected chi connectivity index (χ4v) is 3.11. The molecule has 0 radical (unpaired) electrons. The van der Waals surface area contributed by atoms with Crippen LogP contribution in [0, 0.1) is 11.8 Å². The number of hydrogen-bond donors (Lipinski definition) is 1. The fourth-order valence-electron chi connectivity index (χ4n) is 3.11. The Balaban J connectivity index is 1.50. The molecule has 96 valence electrons. The molecule has 0 aliphatic carbocycles. The van der Waals surface area contributed by atoms with Crippen LogP contribution in [-0.4, -0.2) is 37.0 Å². The van der Waals surface area contributed by atoms with Gasteiger partial charge in [-0.15, -0.1) is 0 Å². The molecule has 2 atom stereocenters. The average Bonchev–Trinajstić information content (AvgIpc) is 2.98. The number of rotatable bonds is 3. The van der Waals surface area contributed by atoms with Gasteiger partial charge in [0, 0.05) is 32.6 Å². The summed E-state index contributed by atoms with van der Waals surface area (Å²) in [5.74, 6) is 1.73. The maximum absolute atomic E-state index is 12.2. The Morgan fingerprint density at radius 1 is 1.17 bits per heavy atom. The zero-order chi connectivity index (χ0) is 12.4. The summed E-state index contributed by atoms with van der Waals surface area (Å²) in [5.41, 5.74) is 1.26. The summed E-state index contributed by atoms with van der Waals surface area (Å²) >= 11 is 0. The molecular formula is C15H20N2O. The van der Waals surface area contributed by atoms with Crippen molar-refractivity contribution in [1.82, 2.24) is 10.2 Å². The van der Waals surface area contributed by atoms with Crippen molar-refractivity contribution in [2.24, 2.45) is 11.8 Å². The number of likely N-dealkylation sites (tertiary alicyclic amines) is 1. The number of carbonyl (C=O) groups excluding carboxylic acids is 1. The first-order valence-electron chi connectivity index (χ1n) is 6.85. The maximum atomic E-state index is 12.2. The third kappa shape index (κ3) is 2.41. The Bertz CT molecular complexity index is 406. The van der Waals surface area contributed by atoms with Crippen LogP contribution in [0.3, 0.4) is 0 Å². The van der Waals surface area contributed by atoms with Gasteiger partial charge in [0.1, 0.15) is 0 Å². The van der Waals surface area contributed by atoms with Crippen LogP contribution in [-0.2, 0) is 11.2 Å². The lowest BCUT2D eigenvalue weighted by atomic mass is 10.0. The van der Waals surface area contributed by atoms with E-state index in [1.54, 1.807) is 0 Å². The monoisotopic (exact) mass is 244 g/mol. The first kappa shape index (κ1) is 11.7. The van der Waals surface area contributed by atoms with Gasteiger partial charge < -0.3 is 10.2 Å². The molecule has 0 spiro atoms. The summed E-state index contributed by atoms with van der Waals surface area (Å²) in [6.07, 6.45) is 1.51. The molecule has 0 unspecified atom stereocenters. The normalized spacial score (nSPS) is 26.3. The lowest BCUT2D eigenvalue weighted by Crippen LogP contribution is -2.31. The zero-order valence-electron chi connectivity index (χ0n) is 10.6. The van der Waals surface area contributed by atoms with Gasteiger partial charge in [-0.2, -0.15) is 0 Å². The molecule has 3 rings (SSSR count). The fraction of sp³-hybridized carbons (Fsp3) is 0.533. The summed E-state index contributed by atoms with van der Waals surface area (Å²) in [5, 5.41) is 3.40. The Morgan fingerprint density at radius 3 is 2.50 bits per heavy atom. The van der Waals surface area contributed by atoms with E-state index in [0.717, 1.165) is 32.6 Å². The highest BCUT2D eigenvalue weighted by Crippen LogP contribution is 2.26. The molecule has 2 aliphatic heterocycles. The molecular weight excluding hydrogens is 224 g/mol. The van der Waals surface area contributed by atoms with Crippen LogP contribution in [0.25, 0.3) is 0 Å². The second-order valence-corrected chi connectivity index (χ2v) is 5.46. The highest BCUT2D eigenvalue weighted by atomic mass is 16.2. The van der Waals surface area contributed by atoms with E-state index in [0.29, 0.717) is 24.2 Å². The van der Waals surface area contributed by atoms with Crippen LogP contribution >= 0.6 is 0 Å². The van der Waals surface area contributed by atoms with E-state index in [2.05, 4.69) is 22.3 Å². The molecule has 1 aromatic rings. The summed E-state index contributed by atoms with van der Waals surface area (Å²) in [6, 6.07) is 10.3. The van der Waals surface area contributed by atoms with Crippen molar-refractivity contribution < 1.29 is 4.79 Å². The van der Waals surface area contributed by atoms with E-state index in [1.165, 1.54) is 5.56 Å². The van der Waals surface area contributed by atoms with Crippen LogP contribution in [0.4, 0.5) is 0 Å². The minimum atomic E-state index is 0.327. The molecule has 0 aromatic heterocycles. The van der Waals surface area contributed by atoms with Crippen molar-refractivity contribution >= 4 is 5.91 Å². The smallest absolute Gasteiger partial charge is 0.222 e. The molecule has 3 heteroatoms. The van der Waals surface area contributed by atoms with Crippen molar-refractivity contribution in [3.05, 3.63) is 35.9 Å². The Morgan fingerprint density at radius 2 is 1.83 bits per heavy atom. The standard InChI is InChI=1S/C15H20N2O/c18-15(7-6-12-4-2-1-3-5-12)17-10-13-8-16-9-14(13)11-17/h1-5,13-14,16H,6-11H2/t13-,14+. The number of aryl methyl sites for hydroxylation is 1. The summed E-state index contributed by atoms with van der Waals surface area (Å²) < 4.78 is 0. The van der Waals surface area contributed by atoms with Gasteiger partial charge >= 0.3 is 0 Å². The Labute approximate surface area is 108 Å². The number of benzene rings is 1. The lowest BCUT2D eigenvalue weighted by Gasteiger charge is -2.17. The number of hydrogen-bond acceptors (Lipinski definition) is 2. The zero-order valence-corrected chi connectivity index (χ0v) is 10.6. The van der Waals surface area contributed by atoms with Crippen LogP contribution in [0.15, 0.2) is 30.3 Å². The van der Waals surface area contributed by atoms with Crippen LogP contribution in [0.5, 0.6) is 0 Å². The quantitative estimate of drug-likeness (QED) is 0.869. The first-order chi connectivity index (χ1) is 8.83. The highest BCUT2D eigenvalue weighted by Gasteiger charge is 2.37. The second-order valence-electron chi connectivity index (χ2n) is 5.46. The molecule has 1 amide bonds. The summed E-state index contributed by atoms with van der Waals surface area (Å²) in [4.78, 5) is 14.2. The number of nitrogens with zero attached hydrogens (tertiary/aromatic N) is 1. The van der Waals surface area contributed by atoms with E-state index in [9.17, 15) is 4.79 Å². The molecule has 1 aromatic carbocycles. The Kier molecular flexibility index (Phi) is 3.33. The Hall–Kier alpha value is -1.35. The van der Waals surface area contributed by atoms with Gasteiger partial charge in [-0.25, -0.2) is 0 Å². The molecule has 0 bridgehead atoms. The van der Waals surface area contributed by atoms with Crippen molar-refractivity contribution in [3.8, 4) is 0 Å². The molecule has 1 N–H and O–H groups in total. The van der Waals surface area contributed by atoms with Gasteiger partial charge in [0.25, 0.3) is 0 Å². The van der Waals surface area contributed by atoms with E-state index >= 15 is 0 Å². The van der Waals surface area contributed by atoms with Gasteiger partial charge in [0.15, 0.2) is 0 Å². The third-order valence-corrected chi connectivity index (χ3v) is 4.21. The molecule has 2 heterocycles. The number of fused-ring (bicyclic) bond motifs is 1. The maximum Gasteiger partial charge on any atom is 0.222 e. The van der Waals surface area contributed by atoms with Gasteiger partial charge in [0.2, 0.25) is 5.91 Å². The van der Waals surface area contributed by atoms with Crippen molar-refractivity contribution in [2.75, 3.05) is 26.2 Å². The van der Waals surface area contributed by atoms with Gasteiger partial charge in [-0.05, 0) is 23.8 Å². The average molecular weight is 244 g/mol. The summed E-state index contributed by atoms with van der Waals surface area (Å²) in [7, 11) is 0. The van der Waals surface area contributed by atoms with E-state index in [1.807, 2.05) is 18.2 Å². The van der Waals surface area contributed by atoms with Crippen molar-refractivity contribution in [3.63, 3.8) is 0 Å². The van der Waals surface area contributed by atoms with Gasteiger partial charge in [-0.1, -0.05) is 30.3 Å². The van der Waals surface area contributed by atoms with Crippen LogP contribution in [0.2, 0.25) is 0 Å². The largest absolute Gasteiger partial charge is 0.342 e. The lowest BCUT2D eigenvalue weighted by molar-refractivity contribution is -0.130. The topological polar surface area (TPSA) is 32.3 Å². The highest BCUT2D eigenvalue weighted by molar-refractivity contribution is 5.76. The van der Waals surface area contributed by atoms with Gasteiger partial charge in [-0.3, -0.25) is 4.79 Å². The summed E-state index contributed by atoms with van der Waals surface area (Å²) in [6.45, 7) is 4.11. The SMILES string of the molecule is O=C(CCc1ccccc1)N1C[C@H]2CNC[C@H]2C1. The van der Waals surface area contributed by atoms with Crippen LogP contribution in [0.1, 0.15) is 12.0 Å². The molecule has 2 saturated heterocycles. The number of carbonyl (C=O) groups is 1. The minimum Gasteiger partial charge on any atom is -0.342 e. The minimum absolute atomic E-state index is 0.327. The predicted octanol–water partition coefficient (Wildman–Crippen LogP) is 1.30. The van der Waals surface area contributed by atoms with Crippen molar-refractivity contribution in [1.29, 1.82) is 0 Å². The predicted molar refractivity (Wildman–Crippen MR) is 71.2 cm³/mol. The number of amides is 1. The second kappa shape index (κ2) is 5.11. The molecule has 2 aliphatic rings. The molecule has 18 heavy (non-hydrogen) atoms. The van der Waals surface area contributed by atoms with Crippen LogP contribution < -0.4 is 5.32 Å². The van der Waals surface area contributed by atoms with E-state index in [-0.39, 0.29) is 0 Å². The number of nitrogens with one attached hydrogen (secondary N) is 1. The third-order valence-electron chi connectivity index (χ3n) is 4.21. The van der Waals surface area contributed by atoms with E-state index < -0.39 is 0 Å². The first-order valence-corrected chi connectivity index (χ1v) is 6.85. The van der Waals surface area contributed by atoms with E-state index in [4.69, 9.17) is 0 Å². The van der Waals surface area contributed by atoms with Gasteiger partial charge in [0.05, 0.1) is 0 Å². The molecule has 2 fully saturated rings. The van der Waals surface area contributed by atoms with Crippen molar-refractivity contribution in [2.45, 2.75) is 12.8 Å². The molecule has 3 nitrogen and oxygen atoms in total. The molecule has 0 saturated carbocycles.